The van der Waals surface area contributed by atoms with E-state index in [9.17, 15) is 19.8 Å². The minimum Gasteiger partial charge on any atom is -0.462 e. The van der Waals surface area contributed by atoms with Crippen molar-refractivity contribution in [2.75, 3.05) is 0 Å². The van der Waals surface area contributed by atoms with Crippen molar-refractivity contribution in [2.24, 2.45) is 34.5 Å². The molecule has 146 valence electrons. The van der Waals surface area contributed by atoms with Crippen LogP contribution in [0.1, 0.15) is 65.7 Å². The normalized spacial score (nSPS) is 53.4. The van der Waals surface area contributed by atoms with E-state index in [1.807, 2.05) is 0 Å². The summed E-state index contributed by atoms with van der Waals surface area (Å²) in [5.41, 5.74) is -0.557. The number of Topliss-reactive ketones (excluding diaryl/α,β-unsaturated/α-hetero) is 1. The maximum Gasteiger partial charge on any atom is 0.302 e. The molecule has 4 fully saturated rings. The Hall–Kier alpha value is -0.940. The minimum absolute atomic E-state index is 0.0985. The fraction of sp³-hybridized carbons (Fsp3) is 0.905. The van der Waals surface area contributed by atoms with Gasteiger partial charge in [0.05, 0.1) is 12.2 Å². The van der Waals surface area contributed by atoms with Crippen LogP contribution in [0.25, 0.3) is 0 Å². The van der Waals surface area contributed by atoms with Gasteiger partial charge in [-0.25, -0.2) is 0 Å². The highest BCUT2D eigenvalue weighted by atomic mass is 16.5. The van der Waals surface area contributed by atoms with Crippen LogP contribution < -0.4 is 0 Å². The molecule has 0 aromatic carbocycles. The molecule has 0 saturated heterocycles. The molecule has 7 unspecified atom stereocenters. The van der Waals surface area contributed by atoms with E-state index in [1.165, 1.54) is 6.92 Å². The van der Waals surface area contributed by atoms with Gasteiger partial charge in [-0.3, -0.25) is 9.59 Å². The number of carbonyl (C=O) groups excluding carboxylic acids is 2. The summed E-state index contributed by atoms with van der Waals surface area (Å²) in [6.45, 7) is 5.68. The van der Waals surface area contributed by atoms with Crippen molar-refractivity contribution in [1.82, 2.24) is 0 Å². The van der Waals surface area contributed by atoms with Crippen molar-refractivity contribution in [2.45, 2.75) is 84.0 Å². The Labute approximate surface area is 155 Å². The zero-order chi connectivity index (χ0) is 18.9. The second kappa shape index (κ2) is 6.03. The number of hydrogen-bond donors (Lipinski definition) is 2. The number of aliphatic hydroxyl groups excluding tert-OH is 2. The van der Waals surface area contributed by atoms with Crippen LogP contribution in [0.4, 0.5) is 0 Å². The molecule has 4 aliphatic rings. The molecule has 4 rings (SSSR count). The zero-order valence-electron chi connectivity index (χ0n) is 16.1. The largest absolute Gasteiger partial charge is 0.462 e. The molecule has 5 heteroatoms. The van der Waals surface area contributed by atoms with Crippen molar-refractivity contribution in [3.05, 3.63) is 0 Å². The standard InChI is InChI=1S/C21H32O5/c1-11(22)26-13-8-12-9-16(23)19-14-4-5-17(24)20(14,2)7-6-15(19)21(12,3)18(25)10-13/h12-16,18-19,23,25H,4-10H2,1-3H3/t12?,13?,14?,15?,16?,18?,19?,20-,21-/m0/s1. The summed E-state index contributed by atoms with van der Waals surface area (Å²) in [5, 5.41) is 22.1. The number of aliphatic hydroxyl groups is 2. The highest BCUT2D eigenvalue weighted by molar-refractivity contribution is 5.87. The summed E-state index contributed by atoms with van der Waals surface area (Å²) in [4.78, 5) is 23.9. The Morgan fingerprint density at radius 2 is 1.85 bits per heavy atom. The first-order valence-corrected chi connectivity index (χ1v) is 10.2. The lowest BCUT2D eigenvalue weighted by Gasteiger charge is -2.62. The van der Waals surface area contributed by atoms with Crippen molar-refractivity contribution < 1.29 is 24.5 Å². The van der Waals surface area contributed by atoms with Crippen molar-refractivity contribution in [1.29, 1.82) is 0 Å². The van der Waals surface area contributed by atoms with Gasteiger partial charge in [0.1, 0.15) is 11.9 Å². The molecule has 0 heterocycles. The van der Waals surface area contributed by atoms with Gasteiger partial charge in [0, 0.05) is 25.2 Å². The number of esters is 1. The van der Waals surface area contributed by atoms with Crippen molar-refractivity contribution >= 4 is 11.8 Å². The fourth-order valence-electron chi connectivity index (χ4n) is 7.35. The van der Waals surface area contributed by atoms with Crippen LogP contribution in [0.3, 0.4) is 0 Å². The molecule has 0 radical (unpaired) electrons. The molecule has 5 nitrogen and oxygen atoms in total. The number of ether oxygens (including phenoxy) is 1. The van der Waals surface area contributed by atoms with E-state index in [1.54, 1.807) is 0 Å². The number of carbonyl (C=O) groups is 2. The van der Waals surface area contributed by atoms with E-state index in [-0.39, 0.29) is 46.6 Å². The third kappa shape index (κ3) is 2.42. The molecule has 0 bridgehead atoms. The van der Waals surface area contributed by atoms with E-state index in [0.717, 1.165) is 19.3 Å². The molecule has 4 saturated carbocycles. The molecule has 2 N–H and O–H groups in total. The average molecular weight is 364 g/mol. The lowest BCUT2D eigenvalue weighted by atomic mass is 9.44. The monoisotopic (exact) mass is 364 g/mol. The number of rotatable bonds is 1. The Balaban J connectivity index is 1.64. The predicted molar refractivity (Wildman–Crippen MR) is 95.1 cm³/mol. The Bertz CT molecular complexity index is 618. The van der Waals surface area contributed by atoms with Gasteiger partial charge in [-0.1, -0.05) is 13.8 Å². The summed E-state index contributed by atoms with van der Waals surface area (Å²) in [7, 11) is 0. The summed E-state index contributed by atoms with van der Waals surface area (Å²) >= 11 is 0. The molecule has 4 aliphatic carbocycles. The van der Waals surface area contributed by atoms with Gasteiger partial charge in [0.2, 0.25) is 0 Å². The Morgan fingerprint density at radius 3 is 2.54 bits per heavy atom. The first-order chi connectivity index (χ1) is 12.2. The summed E-state index contributed by atoms with van der Waals surface area (Å²) < 4.78 is 5.40. The number of fused-ring (bicyclic) bond motifs is 5. The molecule has 26 heavy (non-hydrogen) atoms. The van der Waals surface area contributed by atoms with Gasteiger partial charge in [0.15, 0.2) is 0 Å². The van der Waals surface area contributed by atoms with E-state index in [2.05, 4.69) is 13.8 Å². The van der Waals surface area contributed by atoms with Gasteiger partial charge in [-0.2, -0.15) is 0 Å². The molecule has 0 spiro atoms. The summed E-state index contributed by atoms with van der Waals surface area (Å²) in [6.07, 6.45) is 3.87. The van der Waals surface area contributed by atoms with Crippen LogP contribution in [-0.2, 0) is 14.3 Å². The van der Waals surface area contributed by atoms with E-state index < -0.39 is 12.2 Å². The van der Waals surface area contributed by atoms with Gasteiger partial charge in [-0.15, -0.1) is 0 Å². The van der Waals surface area contributed by atoms with Crippen molar-refractivity contribution in [3.63, 3.8) is 0 Å². The maximum atomic E-state index is 12.5. The quantitative estimate of drug-likeness (QED) is 0.698. The van der Waals surface area contributed by atoms with Gasteiger partial charge in [0.25, 0.3) is 0 Å². The number of ketones is 1. The zero-order valence-corrected chi connectivity index (χ0v) is 16.1. The average Bonchev–Trinajstić information content (AvgIpc) is 2.85. The Morgan fingerprint density at radius 1 is 1.12 bits per heavy atom. The number of hydrogen-bond acceptors (Lipinski definition) is 5. The summed E-state index contributed by atoms with van der Waals surface area (Å²) in [5.74, 6) is 0.764. The third-order valence-corrected chi connectivity index (χ3v) is 8.77. The maximum absolute atomic E-state index is 12.5. The molecule has 0 aromatic rings. The molecular formula is C21H32O5. The SMILES string of the molecule is CC(=O)OC1CC(O)[C@@]2(C)C(C1)CC(O)C1C2CC[C@]2(C)C(=O)CCC12. The van der Waals surface area contributed by atoms with Gasteiger partial charge >= 0.3 is 5.97 Å². The van der Waals surface area contributed by atoms with Gasteiger partial charge < -0.3 is 14.9 Å². The van der Waals surface area contributed by atoms with Crippen LogP contribution in [-0.4, -0.2) is 40.3 Å². The summed E-state index contributed by atoms with van der Waals surface area (Å²) in [6, 6.07) is 0. The highest BCUT2D eigenvalue weighted by Gasteiger charge is 2.64. The molecular weight excluding hydrogens is 332 g/mol. The van der Waals surface area contributed by atoms with Crippen LogP contribution in [0.15, 0.2) is 0 Å². The van der Waals surface area contributed by atoms with Crippen LogP contribution in [0, 0.1) is 34.5 Å². The minimum atomic E-state index is -0.535. The fourth-order valence-corrected chi connectivity index (χ4v) is 7.35. The first-order valence-electron chi connectivity index (χ1n) is 10.2. The third-order valence-electron chi connectivity index (χ3n) is 8.77. The molecule has 0 aromatic heterocycles. The molecule has 0 aliphatic heterocycles. The van der Waals surface area contributed by atoms with Gasteiger partial charge in [-0.05, 0) is 61.2 Å². The topological polar surface area (TPSA) is 83.8 Å². The van der Waals surface area contributed by atoms with Crippen molar-refractivity contribution in [3.8, 4) is 0 Å². The second-order valence-corrected chi connectivity index (χ2v) is 9.79. The van der Waals surface area contributed by atoms with E-state index in [4.69, 9.17) is 4.74 Å². The lowest BCUT2D eigenvalue weighted by Crippen LogP contribution is -2.63. The van der Waals surface area contributed by atoms with Crippen LogP contribution in [0.5, 0.6) is 0 Å². The smallest absolute Gasteiger partial charge is 0.302 e. The molecule has 0 amide bonds. The van der Waals surface area contributed by atoms with Crippen LogP contribution in [0.2, 0.25) is 0 Å². The second-order valence-electron chi connectivity index (χ2n) is 9.79. The lowest BCUT2D eigenvalue weighted by molar-refractivity contribution is -0.212. The first kappa shape index (κ1) is 18.4. The van der Waals surface area contributed by atoms with Crippen LogP contribution >= 0.6 is 0 Å². The highest BCUT2D eigenvalue weighted by Crippen LogP contribution is 2.65. The van der Waals surface area contributed by atoms with E-state index >= 15 is 0 Å². The molecule has 9 atom stereocenters. The van der Waals surface area contributed by atoms with E-state index in [0.29, 0.717) is 31.5 Å². The Kier molecular flexibility index (Phi) is 4.27. The predicted octanol–water partition coefficient (Wildman–Crippen LogP) is 2.47.